The quantitative estimate of drug-likeness (QED) is 0.304. The molecule has 0 aliphatic heterocycles. The fourth-order valence-electron chi connectivity index (χ4n) is 2.04. The summed E-state index contributed by atoms with van der Waals surface area (Å²) in [6.45, 7) is 0. The number of amides is 1. The highest BCUT2D eigenvalue weighted by Crippen LogP contribution is 2.32. The number of aromatic nitrogens is 2. The number of hydrazine groups is 1. The van der Waals surface area contributed by atoms with Crippen LogP contribution in [-0.2, 0) is 10.5 Å². The van der Waals surface area contributed by atoms with Crippen molar-refractivity contribution in [2.24, 2.45) is 5.84 Å². The number of hydrogen-bond acceptors (Lipinski definition) is 7. The Balaban J connectivity index is 1.64. The van der Waals surface area contributed by atoms with E-state index in [1.807, 2.05) is 6.07 Å². The van der Waals surface area contributed by atoms with Crippen molar-refractivity contribution in [2.75, 3.05) is 5.75 Å². The van der Waals surface area contributed by atoms with Crippen LogP contribution < -0.4 is 11.3 Å². The number of rotatable bonds is 6. The molecule has 1 amide bonds. The largest absolute Gasteiger partial charge is 0.294 e. The standard InChI is InChI=1S/C15H14N4OS3/c16-17-13(20)9-22-15-19-18-14(23-15)21-8-11-6-3-5-10-4-1-2-7-12(10)11/h1-7H,8-9,16H2,(H,17,20). The van der Waals surface area contributed by atoms with E-state index in [2.05, 4.69) is 52.0 Å². The maximum Gasteiger partial charge on any atom is 0.244 e. The van der Waals surface area contributed by atoms with Crippen LogP contribution in [0.15, 0.2) is 51.1 Å². The van der Waals surface area contributed by atoms with Gasteiger partial charge in [-0.3, -0.25) is 10.2 Å². The number of benzene rings is 2. The third-order valence-corrected chi connectivity index (χ3v) is 6.35. The molecular formula is C15H14N4OS3. The predicted molar refractivity (Wildman–Crippen MR) is 96.5 cm³/mol. The lowest BCUT2D eigenvalue weighted by Crippen LogP contribution is -2.31. The van der Waals surface area contributed by atoms with Gasteiger partial charge in [0.25, 0.3) is 0 Å². The van der Waals surface area contributed by atoms with Crippen LogP contribution in [0.1, 0.15) is 5.56 Å². The monoisotopic (exact) mass is 362 g/mol. The van der Waals surface area contributed by atoms with Gasteiger partial charge in [-0.1, -0.05) is 77.3 Å². The van der Waals surface area contributed by atoms with Crippen LogP contribution >= 0.6 is 34.9 Å². The first-order chi connectivity index (χ1) is 11.3. The molecule has 5 nitrogen and oxygen atoms in total. The van der Waals surface area contributed by atoms with Gasteiger partial charge in [0.2, 0.25) is 5.91 Å². The number of nitrogens with two attached hydrogens (primary N) is 1. The third-order valence-electron chi connectivity index (χ3n) is 3.11. The molecule has 0 aliphatic carbocycles. The van der Waals surface area contributed by atoms with Crippen molar-refractivity contribution < 1.29 is 4.79 Å². The number of carbonyl (C=O) groups is 1. The summed E-state index contributed by atoms with van der Waals surface area (Å²) in [5.41, 5.74) is 3.37. The molecule has 0 radical (unpaired) electrons. The minimum atomic E-state index is -0.227. The van der Waals surface area contributed by atoms with E-state index in [1.165, 1.54) is 39.4 Å². The van der Waals surface area contributed by atoms with Gasteiger partial charge in [0.05, 0.1) is 5.75 Å². The molecule has 1 aromatic heterocycles. The van der Waals surface area contributed by atoms with Gasteiger partial charge in [0.15, 0.2) is 8.68 Å². The molecule has 0 saturated heterocycles. The van der Waals surface area contributed by atoms with E-state index >= 15 is 0 Å². The van der Waals surface area contributed by atoms with Crippen molar-refractivity contribution in [1.82, 2.24) is 15.6 Å². The fraction of sp³-hybridized carbons (Fsp3) is 0.133. The average Bonchev–Trinajstić information content (AvgIpc) is 3.05. The maximum atomic E-state index is 11.1. The molecule has 3 rings (SSSR count). The first-order valence-electron chi connectivity index (χ1n) is 6.81. The van der Waals surface area contributed by atoms with Crippen molar-refractivity contribution in [3.05, 3.63) is 48.0 Å². The van der Waals surface area contributed by atoms with Gasteiger partial charge in [-0.15, -0.1) is 10.2 Å². The minimum absolute atomic E-state index is 0.227. The summed E-state index contributed by atoms with van der Waals surface area (Å²) in [4.78, 5) is 11.1. The normalized spacial score (nSPS) is 10.8. The maximum absolute atomic E-state index is 11.1. The summed E-state index contributed by atoms with van der Waals surface area (Å²) in [6, 6.07) is 14.7. The second kappa shape index (κ2) is 7.78. The van der Waals surface area contributed by atoms with E-state index in [1.54, 1.807) is 11.8 Å². The van der Waals surface area contributed by atoms with Gasteiger partial charge in [0, 0.05) is 5.75 Å². The summed E-state index contributed by atoms with van der Waals surface area (Å²) in [6.07, 6.45) is 0. The first kappa shape index (κ1) is 16.3. The zero-order valence-corrected chi connectivity index (χ0v) is 14.5. The number of nitrogens with one attached hydrogen (secondary N) is 1. The van der Waals surface area contributed by atoms with Gasteiger partial charge in [-0.25, -0.2) is 5.84 Å². The average molecular weight is 363 g/mol. The number of nitrogens with zero attached hydrogens (tertiary/aromatic N) is 2. The Morgan fingerprint density at radius 1 is 1.09 bits per heavy atom. The Bertz CT molecular complexity index is 816. The molecule has 23 heavy (non-hydrogen) atoms. The molecule has 0 fully saturated rings. The van der Waals surface area contributed by atoms with Gasteiger partial charge < -0.3 is 0 Å². The van der Waals surface area contributed by atoms with Crippen LogP contribution in [0.25, 0.3) is 10.8 Å². The molecule has 2 aromatic carbocycles. The Kier molecular flexibility index (Phi) is 5.50. The Morgan fingerprint density at radius 3 is 2.65 bits per heavy atom. The minimum Gasteiger partial charge on any atom is -0.294 e. The number of hydrogen-bond donors (Lipinski definition) is 2. The van der Waals surface area contributed by atoms with Gasteiger partial charge in [0.1, 0.15) is 0 Å². The molecule has 3 aromatic rings. The van der Waals surface area contributed by atoms with Gasteiger partial charge in [-0.2, -0.15) is 0 Å². The summed E-state index contributed by atoms with van der Waals surface area (Å²) in [5.74, 6) is 5.91. The van der Waals surface area contributed by atoms with E-state index in [0.29, 0.717) is 0 Å². The number of thioether (sulfide) groups is 2. The molecule has 8 heteroatoms. The first-order valence-corrected chi connectivity index (χ1v) is 9.60. The highest BCUT2D eigenvalue weighted by atomic mass is 32.2. The lowest BCUT2D eigenvalue weighted by molar-refractivity contribution is -0.118. The topological polar surface area (TPSA) is 80.9 Å². The van der Waals surface area contributed by atoms with Crippen molar-refractivity contribution in [1.29, 1.82) is 0 Å². The van der Waals surface area contributed by atoms with E-state index in [4.69, 9.17) is 5.84 Å². The molecule has 0 atom stereocenters. The lowest BCUT2D eigenvalue weighted by Gasteiger charge is -2.04. The summed E-state index contributed by atoms with van der Waals surface area (Å²) >= 11 is 4.49. The molecule has 1 heterocycles. The molecule has 118 valence electrons. The van der Waals surface area contributed by atoms with Crippen molar-refractivity contribution in [3.63, 3.8) is 0 Å². The molecular weight excluding hydrogens is 348 g/mol. The van der Waals surface area contributed by atoms with E-state index in [-0.39, 0.29) is 11.7 Å². The van der Waals surface area contributed by atoms with Gasteiger partial charge >= 0.3 is 0 Å². The Labute approximate surface area is 146 Å². The highest BCUT2D eigenvalue weighted by molar-refractivity contribution is 8.03. The van der Waals surface area contributed by atoms with Crippen LogP contribution in [0.3, 0.4) is 0 Å². The third kappa shape index (κ3) is 4.23. The second-order valence-electron chi connectivity index (χ2n) is 4.62. The van der Waals surface area contributed by atoms with Crippen LogP contribution in [0.4, 0.5) is 0 Å². The summed E-state index contributed by atoms with van der Waals surface area (Å²) < 4.78 is 1.67. The predicted octanol–water partition coefficient (Wildman–Crippen LogP) is 3.07. The van der Waals surface area contributed by atoms with Crippen molar-refractivity contribution >= 4 is 51.5 Å². The Hall–Kier alpha value is -1.61. The zero-order chi connectivity index (χ0) is 16.1. The van der Waals surface area contributed by atoms with E-state index in [9.17, 15) is 4.79 Å². The molecule has 0 saturated carbocycles. The number of fused-ring (bicyclic) bond motifs is 1. The Morgan fingerprint density at radius 2 is 1.83 bits per heavy atom. The zero-order valence-electron chi connectivity index (χ0n) is 12.1. The van der Waals surface area contributed by atoms with Crippen LogP contribution in [0.5, 0.6) is 0 Å². The molecule has 0 bridgehead atoms. The van der Waals surface area contributed by atoms with Crippen molar-refractivity contribution in [3.8, 4) is 0 Å². The van der Waals surface area contributed by atoms with Crippen LogP contribution in [-0.4, -0.2) is 21.9 Å². The fourth-order valence-corrected chi connectivity index (χ4v) is 4.88. The smallest absolute Gasteiger partial charge is 0.244 e. The van der Waals surface area contributed by atoms with Gasteiger partial charge in [-0.05, 0) is 16.3 Å². The molecule has 0 aliphatic rings. The highest BCUT2D eigenvalue weighted by Gasteiger charge is 2.09. The van der Waals surface area contributed by atoms with E-state index in [0.717, 1.165) is 14.4 Å². The lowest BCUT2D eigenvalue weighted by atomic mass is 10.1. The number of carbonyl (C=O) groups excluding carboxylic acids is 1. The molecule has 3 N–H and O–H groups in total. The van der Waals surface area contributed by atoms with Crippen LogP contribution in [0.2, 0.25) is 0 Å². The van der Waals surface area contributed by atoms with Crippen molar-refractivity contribution in [2.45, 2.75) is 14.4 Å². The van der Waals surface area contributed by atoms with E-state index < -0.39 is 0 Å². The molecule has 0 unspecified atom stereocenters. The van der Waals surface area contributed by atoms with Crippen LogP contribution in [0, 0.1) is 0 Å². The molecule has 0 spiro atoms. The SMILES string of the molecule is NNC(=O)CSc1nnc(SCc2cccc3ccccc23)s1. The summed E-state index contributed by atoms with van der Waals surface area (Å²) in [7, 11) is 0. The second-order valence-corrected chi connectivity index (χ2v) is 8.04. The summed E-state index contributed by atoms with van der Waals surface area (Å²) in [5, 5.41) is 10.8.